The van der Waals surface area contributed by atoms with Crippen LogP contribution in [0.2, 0.25) is 0 Å². The highest BCUT2D eigenvalue weighted by molar-refractivity contribution is 7.80. The lowest BCUT2D eigenvalue weighted by Crippen LogP contribution is -2.34. The van der Waals surface area contributed by atoms with Gasteiger partial charge in [0.1, 0.15) is 6.61 Å². The molecule has 5 heteroatoms. The van der Waals surface area contributed by atoms with E-state index in [1.54, 1.807) is 0 Å². The van der Waals surface area contributed by atoms with E-state index in [2.05, 4.69) is 22.5 Å². The molecule has 0 amide bonds. The fourth-order valence-electron chi connectivity index (χ4n) is 0.516. The first kappa shape index (κ1) is 6.28. The van der Waals surface area contributed by atoms with E-state index in [9.17, 15) is 0 Å². The van der Waals surface area contributed by atoms with E-state index < -0.39 is 0 Å². The molecule has 0 atom stereocenters. The van der Waals surface area contributed by atoms with Crippen LogP contribution in [0.15, 0.2) is 4.99 Å². The van der Waals surface area contributed by atoms with E-state index >= 15 is 0 Å². The zero-order chi connectivity index (χ0) is 6.69. The Bertz CT molecular complexity index is 156. The molecule has 0 radical (unpaired) electrons. The zero-order valence-corrected chi connectivity index (χ0v) is 5.57. The summed E-state index contributed by atoms with van der Waals surface area (Å²) in [6, 6.07) is 0.433. The standard InChI is InChI=1S/C4H7N3OS/c5-3(9)7-4-6-1-2-8-4/h1-2H2,(H3,5,6,7,9). The Kier molecular flexibility index (Phi) is 1.84. The van der Waals surface area contributed by atoms with E-state index in [-0.39, 0.29) is 5.11 Å². The molecule has 0 saturated carbocycles. The number of ether oxygens (including phenoxy) is 1. The van der Waals surface area contributed by atoms with Crippen LogP contribution in [0.4, 0.5) is 0 Å². The van der Waals surface area contributed by atoms with Gasteiger partial charge in [0.05, 0.1) is 6.54 Å². The molecule has 1 aliphatic heterocycles. The van der Waals surface area contributed by atoms with Gasteiger partial charge >= 0.3 is 0 Å². The first-order valence-corrected chi connectivity index (χ1v) is 2.93. The predicted molar refractivity (Wildman–Crippen MR) is 38.2 cm³/mol. The van der Waals surface area contributed by atoms with Crippen LogP contribution in [0, 0.1) is 0 Å². The Hall–Kier alpha value is -0.840. The second kappa shape index (κ2) is 2.63. The minimum Gasteiger partial charge on any atom is -0.463 e. The SMILES string of the molecule is NC(=S)NC1=NCCO1. The fourth-order valence-corrected chi connectivity index (χ4v) is 0.603. The highest BCUT2D eigenvalue weighted by atomic mass is 32.1. The van der Waals surface area contributed by atoms with Crippen molar-refractivity contribution in [3.63, 3.8) is 0 Å². The lowest BCUT2D eigenvalue weighted by atomic mass is 10.8. The molecule has 0 fully saturated rings. The third-order valence-corrected chi connectivity index (χ3v) is 0.918. The maximum absolute atomic E-state index is 5.13. The number of nitrogens with zero attached hydrogens (tertiary/aromatic N) is 1. The molecular weight excluding hydrogens is 138 g/mol. The van der Waals surface area contributed by atoms with E-state index in [0.717, 1.165) is 0 Å². The molecule has 1 aliphatic rings. The number of amidine groups is 1. The Labute approximate surface area is 58.1 Å². The summed E-state index contributed by atoms with van der Waals surface area (Å²) in [5, 5.41) is 2.77. The Morgan fingerprint density at radius 1 is 1.89 bits per heavy atom. The number of nitrogens with two attached hydrogens (primary N) is 1. The summed E-state index contributed by atoms with van der Waals surface area (Å²) in [5.74, 6) is 0. The maximum atomic E-state index is 5.13. The molecule has 0 aromatic carbocycles. The lowest BCUT2D eigenvalue weighted by molar-refractivity contribution is 0.338. The Morgan fingerprint density at radius 3 is 3.11 bits per heavy atom. The van der Waals surface area contributed by atoms with Gasteiger partial charge in [0.25, 0.3) is 6.02 Å². The number of hydrogen-bond donors (Lipinski definition) is 2. The van der Waals surface area contributed by atoms with Gasteiger partial charge in [-0.2, -0.15) is 0 Å². The van der Waals surface area contributed by atoms with Crippen LogP contribution in [-0.2, 0) is 4.74 Å². The summed E-state index contributed by atoms with van der Waals surface area (Å²) >= 11 is 4.54. The second-order valence-corrected chi connectivity index (χ2v) is 1.96. The van der Waals surface area contributed by atoms with Gasteiger partial charge < -0.3 is 10.5 Å². The average Bonchev–Trinajstić information content (AvgIpc) is 2.15. The van der Waals surface area contributed by atoms with Crippen LogP contribution in [0.25, 0.3) is 0 Å². The number of thiocarbonyl (C=S) groups is 1. The summed E-state index contributed by atoms with van der Waals surface area (Å²) in [4.78, 5) is 3.89. The van der Waals surface area contributed by atoms with E-state index in [1.165, 1.54) is 0 Å². The Morgan fingerprint density at radius 2 is 2.67 bits per heavy atom. The average molecular weight is 145 g/mol. The summed E-state index contributed by atoms with van der Waals surface area (Å²) < 4.78 is 4.94. The van der Waals surface area contributed by atoms with Gasteiger partial charge in [-0.05, 0) is 12.2 Å². The summed E-state index contributed by atoms with van der Waals surface area (Å²) in [6.45, 7) is 1.30. The third-order valence-electron chi connectivity index (χ3n) is 0.816. The molecule has 3 N–H and O–H groups in total. The number of rotatable bonds is 0. The molecule has 0 aromatic rings. The first-order valence-electron chi connectivity index (χ1n) is 2.53. The largest absolute Gasteiger partial charge is 0.463 e. The van der Waals surface area contributed by atoms with Crippen molar-refractivity contribution >= 4 is 23.4 Å². The molecular formula is C4H7N3OS. The van der Waals surface area contributed by atoms with Crippen LogP contribution in [-0.4, -0.2) is 24.3 Å². The van der Waals surface area contributed by atoms with Gasteiger partial charge in [-0.1, -0.05) is 0 Å². The summed E-state index contributed by atoms with van der Waals surface area (Å²) in [7, 11) is 0. The van der Waals surface area contributed by atoms with Crippen molar-refractivity contribution in [3.8, 4) is 0 Å². The predicted octanol–water partition coefficient (Wildman–Crippen LogP) is -0.794. The van der Waals surface area contributed by atoms with Crippen molar-refractivity contribution in [1.82, 2.24) is 5.32 Å². The second-order valence-electron chi connectivity index (χ2n) is 1.52. The molecule has 0 aliphatic carbocycles. The van der Waals surface area contributed by atoms with Crippen molar-refractivity contribution in [1.29, 1.82) is 0 Å². The van der Waals surface area contributed by atoms with Crippen molar-refractivity contribution in [2.24, 2.45) is 10.7 Å². The smallest absolute Gasteiger partial charge is 0.291 e. The molecule has 50 valence electrons. The van der Waals surface area contributed by atoms with Crippen molar-refractivity contribution in [3.05, 3.63) is 0 Å². The number of aliphatic imine (C=N–C) groups is 1. The topological polar surface area (TPSA) is 59.6 Å². The third kappa shape index (κ3) is 1.85. The summed E-state index contributed by atoms with van der Waals surface area (Å²) in [5.41, 5.74) is 5.13. The van der Waals surface area contributed by atoms with E-state index in [1.807, 2.05) is 0 Å². The molecule has 0 saturated heterocycles. The van der Waals surface area contributed by atoms with Crippen molar-refractivity contribution in [2.75, 3.05) is 13.2 Å². The van der Waals surface area contributed by atoms with Crippen LogP contribution in [0.1, 0.15) is 0 Å². The van der Waals surface area contributed by atoms with Gasteiger partial charge in [-0.3, -0.25) is 5.32 Å². The van der Waals surface area contributed by atoms with E-state index in [4.69, 9.17) is 10.5 Å². The molecule has 9 heavy (non-hydrogen) atoms. The molecule has 1 heterocycles. The van der Waals surface area contributed by atoms with Crippen LogP contribution < -0.4 is 11.1 Å². The van der Waals surface area contributed by atoms with Crippen molar-refractivity contribution < 1.29 is 4.74 Å². The normalized spacial score (nSPS) is 16.2. The molecule has 1 rings (SSSR count). The molecule has 0 unspecified atom stereocenters. The quantitative estimate of drug-likeness (QED) is 0.438. The minimum atomic E-state index is 0.190. The number of nitrogens with one attached hydrogen (secondary N) is 1. The molecule has 4 nitrogen and oxygen atoms in total. The van der Waals surface area contributed by atoms with Gasteiger partial charge in [-0.25, -0.2) is 4.99 Å². The van der Waals surface area contributed by atoms with Gasteiger partial charge in [0.15, 0.2) is 5.11 Å². The fraction of sp³-hybridized carbons (Fsp3) is 0.500. The Balaban J connectivity index is 2.35. The van der Waals surface area contributed by atoms with E-state index in [0.29, 0.717) is 19.2 Å². The zero-order valence-electron chi connectivity index (χ0n) is 4.76. The van der Waals surface area contributed by atoms with Gasteiger partial charge in [0, 0.05) is 0 Å². The maximum Gasteiger partial charge on any atom is 0.291 e. The van der Waals surface area contributed by atoms with Crippen molar-refractivity contribution in [2.45, 2.75) is 0 Å². The lowest BCUT2D eigenvalue weighted by Gasteiger charge is -2.00. The summed E-state index contributed by atoms with van der Waals surface area (Å²) in [6.07, 6.45) is 0. The number of hydrogen-bond acceptors (Lipinski definition) is 3. The monoisotopic (exact) mass is 145 g/mol. The molecule has 0 spiro atoms. The molecule has 0 aromatic heterocycles. The van der Waals surface area contributed by atoms with Crippen LogP contribution in [0.5, 0.6) is 0 Å². The van der Waals surface area contributed by atoms with Gasteiger partial charge in [0.2, 0.25) is 0 Å². The van der Waals surface area contributed by atoms with Crippen LogP contribution in [0.3, 0.4) is 0 Å². The van der Waals surface area contributed by atoms with Gasteiger partial charge in [-0.15, -0.1) is 0 Å². The first-order chi connectivity index (χ1) is 4.29. The van der Waals surface area contributed by atoms with Crippen LogP contribution >= 0.6 is 12.2 Å². The highest BCUT2D eigenvalue weighted by Crippen LogP contribution is 1.88. The molecule has 0 bridgehead atoms. The highest BCUT2D eigenvalue weighted by Gasteiger charge is 2.05. The minimum absolute atomic E-state index is 0.190.